The van der Waals surface area contributed by atoms with Gasteiger partial charge in [-0.2, -0.15) is 15.3 Å². The third-order valence-corrected chi connectivity index (χ3v) is 4.41. The lowest BCUT2D eigenvalue weighted by Crippen LogP contribution is -2.11. The van der Waals surface area contributed by atoms with Gasteiger partial charge in [-0.3, -0.25) is 0 Å². The molecule has 1 aromatic carbocycles. The highest BCUT2D eigenvalue weighted by atomic mass is 16.4. The highest BCUT2D eigenvalue weighted by Gasteiger charge is 2.25. The van der Waals surface area contributed by atoms with E-state index in [9.17, 15) is 5.26 Å². The van der Waals surface area contributed by atoms with Crippen molar-refractivity contribution in [2.24, 2.45) is 0 Å². The fourth-order valence-electron chi connectivity index (χ4n) is 2.79. The number of benzene rings is 1. The topological polar surface area (TPSA) is 67.6 Å². The molecule has 0 spiro atoms. The van der Waals surface area contributed by atoms with E-state index in [4.69, 9.17) is 4.42 Å². The average molecular weight is 332 g/mol. The van der Waals surface area contributed by atoms with E-state index in [2.05, 4.69) is 40.4 Å². The zero-order chi connectivity index (χ0) is 17.6. The Morgan fingerprint density at radius 2 is 1.88 bits per heavy atom. The quantitative estimate of drug-likeness (QED) is 0.704. The molecule has 0 unspecified atom stereocenters. The van der Waals surface area contributed by atoms with Crippen molar-refractivity contribution in [1.29, 1.82) is 5.26 Å². The number of aromatic nitrogens is 3. The second-order valence-electron chi connectivity index (χ2n) is 7.58. The molecule has 1 aliphatic rings. The molecule has 25 heavy (non-hydrogen) atoms. The van der Waals surface area contributed by atoms with Crippen molar-refractivity contribution in [3.8, 4) is 23.2 Å². The zero-order valence-electron chi connectivity index (χ0n) is 14.7. The molecule has 1 aliphatic carbocycles. The summed E-state index contributed by atoms with van der Waals surface area (Å²) in [5.74, 6) is 1.65. The number of rotatable bonds is 3. The molecule has 0 bridgehead atoms. The van der Waals surface area contributed by atoms with E-state index >= 15 is 0 Å². The molecule has 4 rings (SSSR count). The molecule has 0 amide bonds. The van der Waals surface area contributed by atoms with Crippen LogP contribution in [-0.4, -0.2) is 14.8 Å². The Hall–Kier alpha value is -2.87. The summed E-state index contributed by atoms with van der Waals surface area (Å²) in [6.45, 7) is 6.00. The van der Waals surface area contributed by atoms with E-state index in [0.717, 1.165) is 17.2 Å². The summed E-state index contributed by atoms with van der Waals surface area (Å²) >= 11 is 0. The summed E-state index contributed by atoms with van der Waals surface area (Å²) < 4.78 is 7.42. The van der Waals surface area contributed by atoms with E-state index in [1.54, 1.807) is 10.9 Å². The van der Waals surface area contributed by atoms with Crippen LogP contribution in [0.5, 0.6) is 0 Å². The monoisotopic (exact) mass is 332 g/mol. The van der Waals surface area contributed by atoms with Crippen LogP contribution in [0, 0.1) is 11.3 Å². The maximum Gasteiger partial charge on any atom is 0.259 e. The summed E-state index contributed by atoms with van der Waals surface area (Å²) in [6.07, 6.45) is 4.40. The van der Waals surface area contributed by atoms with Gasteiger partial charge in [-0.1, -0.05) is 45.0 Å². The zero-order valence-corrected chi connectivity index (χ0v) is 14.7. The highest BCUT2D eigenvalue weighted by Crippen LogP contribution is 2.40. The van der Waals surface area contributed by atoms with E-state index in [-0.39, 0.29) is 11.1 Å². The fourth-order valence-corrected chi connectivity index (χ4v) is 2.79. The molecule has 5 heteroatoms. The van der Waals surface area contributed by atoms with Gasteiger partial charge in [0.1, 0.15) is 6.07 Å². The van der Waals surface area contributed by atoms with Crippen LogP contribution in [0.4, 0.5) is 0 Å². The van der Waals surface area contributed by atoms with Gasteiger partial charge >= 0.3 is 0 Å². The van der Waals surface area contributed by atoms with Gasteiger partial charge in [-0.05, 0) is 30.4 Å². The molecule has 1 fully saturated rings. The minimum atomic E-state index is -0.265. The van der Waals surface area contributed by atoms with E-state index in [1.165, 1.54) is 18.4 Å². The van der Waals surface area contributed by atoms with Crippen molar-refractivity contribution < 1.29 is 4.42 Å². The molecular formula is C20H20N4O. The van der Waals surface area contributed by atoms with Gasteiger partial charge in [-0.25, -0.2) is 4.68 Å². The molecule has 0 saturated heterocycles. The van der Waals surface area contributed by atoms with Crippen LogP contribution in [0.3, 0.4) is 0 Å². The molecule has 126 valence electrons. The predicted octanol–water partition coefficient (Wildman–Crippen LogP) is 4.57. The van der Waals surface area contributed by atoms with Crippen molar-refractivity contribution >= 4 is 0 Å². The van der Waals surface area contributed by atoms with Gasteiger partial charge in [-0.15, -0.1) is 0 Å². The van der Waals surface area contributed by atoms with Crippen molar-refractivity contribution in [2.75, 3.05) is 0 Å². The summed E-state index contributed by atoms with van der Waals surface area (Å²) in [5.41, 5.74) is 3.29. The third kappa shape index (κ3) is 2.96. The van der Waals surface area contributed by atoms with Crippen molar-refractivity contribution in [1.82, 2.24) is 14.8 Å². The second-order valence-corrected chi connectivity index (χ2v) is 7.58. The number of nitriles is 1. The van der Waals surface area contributed by atoms with Crippen LogP contribution in [-0.2, 0) is 5.41 Å². The number of hydrogen-bond donors (Lipinski definition) is 0. The molecule has 2 heterocycles. The normalized spacial score (nSPS) is 14.5. The van der Waals surface area contributed by atoms with Crippen molar-refractivity contribution in [3.05, 3.63) is 53.7 Å². The van der Waals surface area contributed by atoms with Gasteiger partial charge in [0.15, 0.2) is 0 Å². The molecule has 0 N–H and O–H groups in total. The third-order valence-electron chi connectivity index (χ3n) is 4.41. The van der Waals surface area contributed by atoms with Gasteiger partial charge in [0.2, 0.25) is 11.6 Å². The minimum absolute atomic E-state index is 0.253. The molecule has 2 aromatic heterocycles. The molecule has 5 nitrogen and oxygen atoms in total. The Labute approximate surface area is 146 Å². The maximum atomic E-state index is 9.36. The molecule has 0 atom stereocenters. The van der Waals surface area contributed by atoms with Crippen LogP contribution >= 0.6 is 0 Å². The first kappa shape index (κ1) is 15.6. The van der Waals surface area contributed by atoms with Crippen LogP contribution in [0.2, 0.25) is 0 Å². The van der Waals surface area contributed by atoms with Crippen LogP contribution in [0.15, 0.2) is 40.9 Å². The smallest absolute Gasteiger partial charge is 0.259 e. The second kappa shape index (κ2) is 5.59. The molecule has 1 saturated carbocycles. The van der Waals surface area contributed by atoms with Gasteiger partial charge in [0, 0.05) is 17.2 Å². The number of oxazole rings is 1. The highest BCUT2D eigenvalue weighted by molar-refractivity contribution is 5.59. The number of nitrogens with zero attached hydrogens (tertiary/aromatic N) is 4. The van der Waals surface area contributed by atoms with Gasteiger partial charge in [0.05, 0.1) is 5.69 Å². The summed E-state index contributed by atoms with van der Waals surface area (Å²) in [7, 11) is 0. The Morgan fingerprint density at radius 3 is 2.48 bits per heavy atom. The molecule has 0 aliphatic heterocycles. The van der Waals surface area contributed by atoms with Crippen molar-refractivity contribution in [2.45, 2.75) is 44.9 Å². The summed E-state index contributed by atoms with van der Waals surface area (Å²) in [6, 6.07) is 12.6. The standard InChI is InChI=1S/C20H20N4O/c1-20(2,3)19-22-17(12-21)18(25-19)24-11-10-16(23-24)15-8-6-14(7-9-15)13-4-5-13/h6-11,13H,4-5H2,1-3H3. The summed E-state index contributed by atoms with van der Waals surface area (Å²) in [4.78, 5) is 4.31. The number of hydrogen-bond acceptors (Lipinski definition) is 4. The minimum Gasteiger partial charge on any atom is -0.421 e. The first-order valence-corrected chi connectivity index (χ1v) is 8.53. The lowest BCUT2D eigenvalue weighted by molar-refractivity contribution is 0.381. The Balaban J connectivity index is 1.67. The van der Waals surface area contributed by atoms with E-state index < -0.39 is 0 Å². The fraction of sp³-hybridized carbons (Fsp3) is 0.350. The summed E-state index contributed by atoms with van der Waals surface area (Å²) in [5, 5.41) is 13.9. The molecule has 3 aromatic rings. The first-order chi connectivity index (χ1) is 12.0. The Kier molecular flexibility index (Phi) is 3.50. The van der Waals surface area contributed by atoms with Crippen molar-refractivity contribution in [3.63, 3.8) is 0 Å². The Bertz CT molecular complexity index is 947. The Morgan fingerprint density at radius 1 is 1.16 bits per heavy atom. The molecular weight excluding hydrogens is 312 g/mol. The first-order valence-electron chi connectivity index (χ1n) is 8.53. The molecule has 0 radical (unpaired) electrons. The maximum absolute atomic E-state index is 9.36. The van der Waals surface area contributed by atoms with E-state index in [0.29, 0.717) is 11.8 Å². The van der Waals surface area contributed by atoms with Crippen LogP contribution in [0.1, 0.15) is 56.7 Å². The van der Waals surface area contributed by atoms with Crippen LogP contribution in [0.25, 0.3) is 17.1 Å². The lowest BCUT2D eigenvalue weighted by atomic mass is 9.97. The van der Waals surface area contributed by atoms with E-state index in [1.807, 2.05) is 26.8 Å². The largest absolute Gasteiger partial charge is 0.421 e. The predicted molar refractivity (Wildman–Crippen MR) is 94.5 cm³/mol. The SMILES string of the molecule is CC(C)(C)c1nc(C#N)c(-n2ccc(-c3ccc(C4CC4)cc3)n2)o1. The lowest BCUT2D eigenvalue weighted by Gasteiger charge is -2.11. The average Bonchev–Trinajstić information content (AvgIpc) is 3.15. The van der Waals surface area contributed by atoms with Gasteiger partial charge in [0.25, 0.3) is 5.88 Å². The van der Waals surface area contributed by atoms with Crippen LogP contribution < -0.4 is 0 Å². The van der Waals surface area contributed by atoms with Gasteiger partial charge < -0.3 is 4.42 Å².